The number of anilines is 1. The number of halogens is 1. The van der Waals surface area contributed by atoms with Crippen molar-refractivity contribution in [1.82, 2.24) is 9.78 Å². The van der Waals surface area contributed by atoms with E-state index in [2.05, 4.69) is 10.4 Å². The van der Waals surface area contributed by atoms with Gasteiger partial charge in [0.2, 0.25) is 0 Å². The number of amides is 1. The van der Waals surface area contributed by atoms with E-state index in [9.17, 15) is 14.0 Å². The third kappa shape index (κ3) is 2.84. The summed E-state index contributed by atoms with van der Waals surface area (Å²) in [6, 6.07) is 4.38. The summed E-state index contributed by atoms with van der Waals surface area (Å²) >= 11 is 0. The highest BCUT2D eigenvalue weighted by molar-refractivity contribution is 6.47. The van der Waals surface area contributed by atoms with Crippen LogP contribution in [-0.4, -0.2) is 21.5 Å². The van der Waals surface area contributed by atoms with Gasteiger partial charge in [-0.2, -0.15) is 5.10 Å². The van der Waals surface area contributed by atoms with Gasteiger partial charge in [-0.05, 0) is 38.5 Å². The number of benzene rings is 1. The van der Waals surface area contributed by atoms with Crippen molar-refractivity contribution in [3.63, 3.8) is 0 Å². The lowest BCUT2D eigenvalue weighted by molar-refractivity contribution is -0.112. The van der Waals surface area contributed by atoms with Crippen molar-refractivity contribution in [1.29, 1.82) is 0 Å². The van der Waals surface area contributed by atoms with E-state index in [1.165, 1.54) is 16.8 Å². The van der Waals surface area contributed by atoms with Crippen LogP contribution in [0.2, 0.25) is 0 Å². The van der Waals surface area contributed by atoms with E-state index in [4.69, 9.17) is 0 Å². The van der Waals surface area contributed by atoms with Gasteiger partial charge in [-0.3, -0.25) is 14.3 Å². The molecule has 6 heteroatoms. The van der Waals surface area contributed by atoms with E-state index in [0.717, 1.165) is 5.56 Å². The number of carbonyl (C=O) groups excluding carboxylic acids is 2. The van der Waals surface area contributed by atoms with Gasteiger partial charge < -0.3 is 5.32 Å². The maximum Gasteiger partial charge on any atom is 0.296 e. The van der Waals surface area contributed by atoms with Crippen LogP contribution in [0.1, 0.15) is 27.3 Å². The van der Waals surface area contributed by atoms with Crippen molar-refractivity contribution in [2.45, 2.75) is 20.8 Å². The van der Waals surface area contributed by atoms with Gasteiger partial charge in [0.1, 0.15) is 5.82 Å². The Balaban J connectivity index is 2.26. The lowest BCUT2D eigenvalue weighted by atomic mass is 10.1. The predicted octanol–water partition coefficient (Wildman–Crippen LogP) is 2.31. The van der Waals surface area contributed by atoms with Crippen LogP contribution in [0, 0.1) is 26.6 Å². The molecule has 0 bridgehead atoms. The lowest BCUT2D eigenvalue weighted by Crippen LogP contribution is -2.24. The molecule has 0 unspecified atom stereocenters. The molecule has 0 aliphatic rings. The van der Waals surface area contributed by atoms with E-state index < -0.39 is 17.5 Å². The number of nitrogens with zero attached hydrogens (tertiary/aromatic N) is 2. The first-order chi connectivity index (χ1) is 9.81. The topological polar surface area (TPSA) is 64.0 Å². The Morgan fingerprint density at radius 1 is 1.24 bits per heavy atom. The van der Waals surface area contributed by atoms with Crippen LogP contribution in [0.4, 0.5) is 10.1 Å². The minimum atomic E-state index is -0.878. The summed E-state index contributed by atoms with van der Waals surface area (Å²) in [4.78, 5) is 24.2. The summed E-state index contributed by atoms with van der Waals surface area (Å²) in [7, 11) is 1.69. The summed E-state index contributed by atoms with van der Waals surface area (Å²) < 4.78 is 15.2. The highest BCUT2D eigenvalue weighted by Gasteiger charge is 2.24. The molecule has 1 amide bonds. The van der Waals surface area contributed by atoms with Gasteiger partial charge in [-0.1, -0.05) is 6.07 Å². The van der Waals surface area contributed by atoms with Gasteiger partial charge in [0.25, 0.3) is 11.7 Å². The normalized spacial score (nSPS) is 10.5. The van der Waals surface area contributed by atoms with Gasteiger partial charge in [-0.15, -0.1) is 0 Å². The van der Waals surface area contributed by atoms with Gasteiger partial charge in [-0.25, -0.2) is 4.39 Å². The molecule has 0 fully saturated rings. The summed E-state index contributed by atoms with van der Waals surface area (Å²) in [6.07, 6.45) is 0. The fourth-order valence-corrected chi connectivity index (χ4v) is 2.12. The maximum atomic E-state index is 13.7. The average Bonchev–Trinajstić information content (AvgIpc) is 2.66. The number of nitrogens with one attached hydrogen (secondary N) is 1. The minimum Gasteiger partial charge on any atom is -0.317 e. The highest BCUT2D eigenvalue weighted by atomic mass is 19.1. The van der Waals surface area contributed by atoms with Crippen molar-refractivity contribution < 1.29 is 14.0 Å². The molecular weight excluding hydrogens is 273 g/mol. The first-order valence-electron chi connectivity index (χ1n) is 6.43. The Bertz CT molecular complexity index is 735. The lowest BCUT2D eigenvalue weighted by Gasteiger charge is -2.06. The number of aromatic nitrogens is 2. The average molecular weight is 289 g/mol. The molecule has 0 saturated heterocycles. The molecule has 0 radical (unpaired) electrons. The fourth-order valence-electron chi connectivity index (χ4n) is 2.12. The number of carbonyl (C=O) groups is 2. The minimum absolute atomic E-state index is 0.0156. The zero-order chi connectivity index (χ0) is 15.7. The molecule has 1 aromatic carbocycles. The van der Waals surface area contributed by atoms with Crippen LogP contribution in [0.5, 0.6) is 0 Å². The summed E-state index contributed by atoms with van der Waals surface area (Å²) in [6.45, 7) is 5.09. The van der Waals surface area contributed by atoms with Crippen LogP contribution < -0.4 is 5.32 Å². The number of hydrogen-bond acceptors (Lipinski definition) is 3. The number of aryl methyl sites for hydroxylation is 3. The molecule has 21 heavy (non-hydrogen) atoms. The molecule has 2 aromatic rings. The molecule has 1 N–H and O–H groups in total. The van der Waals surface area contributed by atoms with E-state index in [-0.39, 0.29) is 11.3 Å². The number of ketones is 1. The number of Topliss-reactive ketones (excluding diaryl/α,β-unsaturated/α-hetero) is 1. The molecule has 0 atom stereocenters. The second kappa shape index (κ2) is 5.47. The standard InChI is InChI=1S/C15H16FN3O2/c1-8-5-6-12(11(16)7-8)17-15(21)14(20)13-9(2)18-19(4)10(13)3/h5-7H,1-4H3,(H,17,21). The zero-order valence-electron chi connectivity index (χ0n) is 12.3. The van der Waals surface area contributed by atoms with E-state index in [1.807, 2.05) is 0 Å². The van der Waals surface area contributed by atoms with Crippen LogP contribution in [0.3, 0.4) is 0 Å². The molecule has 110 valence electrons. The second-order valence-corrected chi connectivity index (χ2v) is 4.94. The fraction of sp³-hybridized carbons (Fsp3) is 0.267. The molecule has 2 rings (SSSR count). The predicted molar refractivity (Wildman–Crippen MR) is 76.8 cm³/mol. The van der Waals surface area contributed by atoms with Crippen molar-refractivity contribution in [2.75, 3.05) is 5.32 Å². The second-order valence-electron chi connectivity index (χ2n) is 4.94. The van der Waals surface area contributed by atoms with Crippen LogP contribution in [0.15, 0.2) is 18.2 Å². The number of hydrogen-bond donors (Lipinski definition) is 1. The Kier molecular flexibility index (Phi) is 3.88. The molecule has 0 aliphatic heterocycles. The van der Waals surface area contributed by atoms with Crippen molar-refractivity contribution in [3.05, 3.63) is 46.5 Å². The molecule has 0 aliphatic carbocycles. The molecule has 0 spiro atoms. The first-order valence-corrected chi connectivity index (χ1v) is 6.43. The van der Waals surface area contributed by atoms with Gasteiger partial charge in [0, 0.05) is 12.7 Å². The quantitative estimate of drug-likeness (QED) is 0.696. The molecule has 1 aromatic heterocycles. The third-order valence-electron chi connectivity index (χ3n) is 3.32. The van der Waals surface area contributed by atoms with E-state index in [0.29, 0.717) is 11.4 Å². The van der Waals surface area contributed by atoms with Crippen molar-refractivity contribution in [3.8, 4) is 0 Å². The zero-order valence-corrected chi connectivity index (χ0v) is 12.3. The smallest absolute Gasteiger partial charge is 0.296 e. The number of rotatable bonds is 3. The van der Waals surface area contributed by atoms with Gasteiger partial charge >= 0.3 is 0 Å². The SMILES string of the molecule is Cc1ccc(NC(=O)C(=O)c2c(C)nn(C)c2C)c(F)c1. The summed E-state index contributed by atoms with van der Waals surface area (Å²) in [5.41, 5.74) is 2.04. The largest absolute Gasteiger partial charge is 0.317 e. The Hall–Kier alpha value is -2.50. The molecule has 0 saturated carbocycles. The van der Waals surface area contributed by atoms with Crippen molar-refractivity contribution in [2.24, 2.45) is 7.05 Å². The van der Waals surface area contributed by atoms with Gasteiger partial charge in [0.15, 0.2) is 0 Å². The first kappa shape index (κ1) is 14.9. The third-order valence-corrected chi connectivity index (χ3v) is 3.32. The van der Waals surface area contributed by atoms with E-state index >= 15 is 0 Å². The summed E-state index contributed by atoms with van der Waals surface area (Å²) in [5, 5.41) is 6.39. The van der Waals surface area contributed by atoms with Crippen molar-refractivity contribution >= 4 is 17.4 Å². The molecule has 5 nitrogen and oxygen atoms in total. The molecular formula is C15H16FN3O2. The monoisotopic (exact) mass is 289 g/mol. The Morgan fingerprint density at radius 2 is 1.90 bits per heavy atom. The highest BCUT2D eigenvalue weighted by Crippen LogP contribution is 2.17. The molecule has 1 heterocycles. The van der Waals surface area contributed by atoms with Gasteiger partial charge in [0.05, 0.1) is 16.9 Å². The summed E-state index contributed by atoms with van der Waals surface area (Å²) in [5.74, 6) is -2.18. The van der Waals surface area contributed by atoms with Crippen LogP contribution >= 0.6 is 0 Å². The van der Waals surface area contributed by atoms with E-state index in [1.54, 1.807) is 33.9 Å². The van der Waals surface area contributed by atoms with Crippen LogP contribution in [0.25, 0.3) is 0 Å². The van der Waals surface area contributed by atoms with Crippen LogP contribution in [-0.2, 0) is 11.8 Å². The Labute approximate surface area is 121 Å². The Morgan fingerprint density at radius 3 is 2.43 bits per heavy atom. The maximum absolute atomic E-state index is 13.7.